The minimum Gasteiger partial charge on any atom is -0.508 e. The Morgan fingerprint density at radius 2 is 1.90 bits per heavy atom. The smallest absolute Gasteiger partial charge is 0.272 e. The number of phenolic OH excluding ortho intramolecular Hbond substituents is 1. The van der Waals surface area contributed by atoms with Gasteiger partial charge in [-0.15, -0.1) is 0 Å². The van der Waals surface area contributed by atoms with Crippen LogP contribution in [0.15, 0.2) is 54.6 Å². The third-order valence-corrected chi connectivity index (χ3v) is 7.77. The molecule has 3 aromatic rings. The van der Waals surface area contributed by atoms with Gasteiger partial charge in [0.05, 0.1) is 5.69 Å². The van der Waals surface area contributed by atoms with Gasteiger partial charge in [0.15, 0.2) is 0 Å². The van der Waals surface area contributed by atoms with E-state index in [0.29, 0.717) is 24.4 Å². The molecule has 1 aromatic heterocycles. The van der Waals surface area contributed by atoms with Crippen LogP contribution in [0.25, 0.3) is 11.3 Å². The summed E-state index contributed by atoms with van der Waals surface area (Å²) in [6.07, 6.45) is 1.52. The molecule has 5 nitrogen and oxygen atoms in total. The van der Waals surface area contributed by atoms with Crippen molar-refractivity contribution in [3.8, 4) is 17.0 Å². The van der Waals surface area contributed by atoms with Crippen LogP contribution in [0, 0.1) is 5.41 Å². The van der Waals surface area contributed by atoms with E-state index in [0.717, 1.165) is 23.2 Å². The molecule has 1 amide bonds. The fourth-order valence-corrected chi connectivity index (χ4v) is 5.51. The van der Waals surface area contributed by atoms with Crippen LogP contribution in [0.5, 0.6) is 5.75 Å². The van der Waals surface area contributed by atoms with Crippen molar-refractivity contribution in [2.24, 2.45) is 5.41 Å². The molecule has 30 heavy (non-hydrogen) atoms. The monoisotopic (exact) mass is 401 g/mol. The SMILES string of the molecule is CC1(C)C2Cc3c(O)cccc3[C@]1(C)CCN2C(=O)c1cc(-c2ccccc2)n[nH]1. The highest BCUT2D eigenvalue weighted by Crippen LogP contribution is 2.57. The minimum absolute atomic E-state index is 0.00743. The average molecular weight is 402 g/mol. The topological polar surface area (TPSA) is 69.2 Å². The van der Waals surface area contributed by atoms with Gasteiger partial charge in [-0.2, -0.15) is 5.10 Å². The van der Waals surface area contributed by atoms with E-state index in [2.05, 4.69) is 37.0 Å². The highest BCUT2D eigenvalue weighted by Gasteiger charge is 2.57. The number of aromatic hydroxyl groups is 1. The average Bonchev–Trinajstić information content (AvgIpc) is 3.22. The number of rotatable bonds is 2. The van der Waals surface area contributed by atoms with Crippen LogP contribution in [0.2, 0.25) is 0 Å². The zero-order valence-corrected chi connectivity index (χ0v) is 17.6. The molecule has 1 aliphatic carbocycles. The van der Waals surface area contributed by atoms with Gasteiger partial charge in [0.25, 0.3) is 5.91 Å². The molecule has 2 bridgehead atoms. The highest BCUT2D eigenvalue weighted by atomic mass is 16.3. The van der Waals surface area contributed by atoms with Crippen LogP contribution in [0.3, 0.4) is 0 Å². The summed E-state index contributed by atoms with van der Waals surface area (Å²) in [5.74, 6) is 0.310. The van der Waals surface area contributed by atoms with E-state index >= 15 is 0 Å². The number of piperidine rings is 1. The first-order chi connectivity index (χ1) is 14.3. The second-order valence-corrected chi connectivity index (χ2v) is 9.36. The molecule has 2 aromatic carbocycles. The van der Waals surface area contributed by atoms with E-state index in [1.54, 1.807) is 6.07 Å². The maximum atomic E-state index is 13.5. The second-order valence-electron chi connectivity index (χ2n) is 9.36. The molecule has 1 unspecified atom stereocenters. The fourth-order valence-electron chi connectivity index (χ4n) is 5.51. The van der Waals surface area contributed by atoms with Crippen LogP contribution >= 0.6 is 0 Å². The lowest BCUT2D eigenvalue weighted by Gasteiger charge is -2.60. The molecular weight excluding hydrogens is 374 g/mol. The molecule has 0 radical (unpaired) electrons. The van der Waals surface area contributed by atoms with Crippen molar-refractivity contribution < 1.29 is 9.90 Å². The van der Waals surface area contributed by atoms with Crippen molar-refractivity contribution in [2.75, 3.05) is 6.54 Å². The third kappa shape index (κ3) is 2.54. The fraction of sp³-hybridized carbons (Fsp3) is 0.360. The van der Waals surface area contributed by atoms with E-state index in [9.17, 15) is 9.90 Å². The number of carbonyl (C=O) groups is 1. The number of aromatic amines is 1. The summed E-state index contributed by atoms with van der Waals surface area (Å²) >= 11 is 0. The van der Waals surface area contributed by atoms with E-state index in [4.69, 9.17) is 0 Å². The summed E-state index contributed by atoms with van der Waals surface area (Å²) in [5, 5.41) is 17.9. The third-order valence-electron chi connectivity index (χ3n) is 7.77. The lowest BCUT2D eigenvalue weighted by Crippen LogP contribution is -2.64. The van der Waals surface area contributed by atoms with Crippen molar-refractivity contribution in [3.05, 3.63) is 71.4 Å². The first kappa shape index (κ1) is 18.9. The number of carbonyl (C=O) groups excluding carboxylic acids is 1. The van der Waals surface area contributed by atoms with Gasteiger partial charge in [-0.05, 0) is 41.5 Å². The van der Waals surface area contributed by atoms with Gasteiger partial charge in [-0.3, -0.25) is 9.89 Å². The van der Waals surface area contributed by atoms with Gasteiger partial charge < -0.3 is 10.0 Å². The molecule has 0 spiro atoms. The van der Waals surface area contributed by atoms with E-state index in [1.807, 2.05) is 47.4 Å². The molecule has 0 saturated carbocycles. The van der Waals surface area contributed by atoms with Gasteiger partial charge >= 0.3 is 0 Å². The van der Waals surface area contributed by atoms with Crippen LogP contribution in [0.4, 0.5) is 0 Å². The summed E-state index contributed by atoms with van der Waals surface area (Å²) in [5.41, 5.74) is 4.26. The first-order valence-corrected chi connectivity index (χ1v) is 10.6. The van der Waals surface area contributed by atoms with Crippen LogP contribution in [0.1, 0.15) is 48.8 Å². The Hall–Kier alpha value is -3.08. The summed E-state index contributed by atoms with van der Waals surface area (Å²) in [6, 6.07) is 17.5. The molecule has 154 valence electrons. The van der Waals surface area contributed by atoms with E-state index < -0.39 is 0 Å². The van der Waals surface area contributed by atoms with E-state index in [-0.39, 0.29) is 22.8 Å². The minimum atomic E-state index is -0.121. The van der Waals surface area contributed by atoms with Gasteiger partial charge in [-0.25, -0.2) is 0 Å². The van der Waals surface area contributed by atoms with Crippen molar-refractivity contribution in [3.63, 3.8) is 0 Å². The molecule has 2 atom stereocenters. The Morgan fingerprint density at radius 1 is 1.13 bits per heavy atom. The number of phenols is 1. The second kappa shape index (κ2) is 6.46. The van der Waals surface area contributed by atoms with Crippen molar-refractivity contribution in [1.82, 2.24) is 15.1 Å². The molecule has 1 aliphatic heterocycles. The van der Waals surface area contributed by atoms with Gasteiger partial charge in [0, 0.05) is 23.6 Å². The Labute approximate surface area is 176 Å². The van der Waals surface area contributed by atoms with Crippen LogP contribution in [-0.2, 0) is 11.8 Å². The number of nitrogens with one attached hydrogen (secondary N) is 1. The summed E-state index contributed by atoms with van der Waals surface area (Å²) in [6.45, 7) is 7.49. The molecule has 5 rings (SSSR count). The highest BCUT2D eigenvalue weighted by molar-refractivity contribution is 5.94. The number of nitrogens with zero attached hydrogens (tertiary/aromatic N) is 2. The summed E-state index contributed by atoms with van der Waals surface area (Å²) in [7, 11) is 0. The van der Waals surface area contributed by atoms with Crippen molar-refractivity contribution >= 4 is 5.91 Å². The maximum Gasteiger partial charge on any atom is 0.272 e. The normalized spacial score (nSPS) is 24.4. The lowest BCUT2D eigenvalue weighted by atomic mass is 9.51. The van der Waals surface area contributed by atoms with Crippen molar-refractivity contribution in [1.29, 1.82) is 0 Å². The maximum absolute atomic E-state index is 13.5. The van der Waals surface area contributed by atoms with Gasteiger partial charge in [0.2, 0.25) is 0 Å². The van der Waals surface area contributed by atoms with Gasteiger partial charge in [-0.1, -0.05) is 63.2 Å². The zero-order chi connectivity index (χ0) is 21.1. The quantitative estimate of drug-likeness (QED) is 0.662. The predicted molar refractivity (Wildman–Crippen MR) is 116 cm³/mol. The van der Waals surface area contributed by atoms with Crippen LogP contribution < -0.4 is 0 Å². The number of hydrogen-bond donors (Lipinski definition) is 2. The number of H-pyrrole nitrogens is 1. The molecular formula is C25H27N3O2. The van der Waals surface area contributed by atoms with Crippen LogP contribution in [-0.4, -0.2) is 38.7 Å². The number of hydrogen-bond acceptors (Lipinski definition) is 3. The molecule has 2 heterocycles. The Bertz CT molecular complexity index is 1120. The Morgan fingerprint density at radius 3 is 2.67 bits per heavy atom. The summed E-state index contributed by atoms with van der Waals surface area (Å²) < 4.78 is 0. The number of amides is 1. The number of aromatic nitrogens is 2. The first-order valence-electron chi connectivity index (χ1n) is 10.6. The number of benzene rings is 2. The number of likely N-dealkylation sites (tertiary alicyclic amines) is 1. The van der Waals surface area contributed by atoms with Gasteiger partial charge in [0.1, 0.15) is 11.4 Å². The number of fused-ring (bicyclic) bond motifs is 4. The molecule has 1 saturated heterocycles. The molecule has 2 aliphatic rings. The largest absolute Gasteiger partial charge is 0.508 e. The zero-order valence-electron chi connectivity index (χ0n) is 17.6. The lowest BCUT2D eigenvalue weighted by molar-refractivity contribution is -0.0269. The molecule has 2 N–H and O–H groups in total. The standard InChI is InChI=1S/C25H27N3O2/c1-24(2)22-14-17-18(10-7-11-21(17)29)25(24,3)12-13-28(22)23(30)20-15-19(26-27-20)16-8-5-4-6-9-16/h4-11,15,22,29H,12-14H2,1-3H3,(H,26,27)/t22?,25-/m0/s1. The molecule has 5 heteroatoms. The van der Waals surface area contributed by atoms with Crippen molar-refractivity contribution in [2.45, 2.75) is 45.1 Å². The Balaban J connectivity index is 1.51. The Kier molecular flexibility index (Phi) is 4.07. The molecule has 1 fully saturated rings. The predicted octanol–water partition coefficient (Wildman–Crippen LogP) is 4.54. The van der Waals surface area contributed by atoms with E-state index in [1.165, 1.54) is 5.56 Å². The summed E-state index contributed by atoms with van der Waals surface area (Å²) in [4.78, 5) is 15.5.